The summed E-state index contributed by atoms with van der Waals surface area (Å²) in [7, 11) is 0. The molecule has 0 radical (unpaired) electrons. The van der Waals surface area contributed by atoms with Gasteiger partial charge in [-0.2, -0.15) is 0 Å². The maximum absolute atomic E-state index is 6.48. The van der Waals surface area contributed by atoms with E-state index < -0.39 is 0 Å². The van der Waals surface area contributed by atoms with Gasteiger partial charge in [0.05, 0.1) is 11.7 Å². The zero-order chi connectivity index (χ0) is 11.7. The minimum atomic E-state index is 0.323. The van der Waals surface area contributed by atoms with E-state index in [-0.39, 0.29) is 0 Å². The second kappa shape index (κ2) is 5.21. The number of rotatable bonds is 2. The van der Waals surface area contributed by atoms with Crippen molar-refractivity contribution < 1.29 is 4.74 Å². The number of hydrogen-bond donors (Lipinski definition) is 0. The first-order valence-corrected chi connectivity index (χ1v) is 8.51. The molecule has 0 amide bonds. The van der Waals surface area contributed by atoms with Gasteiger partial charge in [-0.1, -0.05) is 41.6 Å². The van der Waals surface area contributed by atoms with Crippen molar-refractivity contribution in [3.63, 3.8) is 0 Å². The molecule has 1 nitrogen and oxygen atoms in total. The normalized spacial score (nSPS) is 41.1. The Bertz CT molecular complexity index is 260. The van der Waals surface area contributed by atoms with Gasteiger partial charge in [0.2, 0.25) is 0 Å². The molecule has 1 aliphatic heterocycles. The van der Waals surface area contributed by atoms with Crippen molar-refractivity contribution in [3.8, 4) is 0 Å². The Labute approximate surface area is 114 Å². The summed E-state index contributed by atoms with van der Waals surface area (Å²) < 4.78 is 6.48. The molecule has 0 bridgehead atoms. The highest BCUT2D eigenvalue weighted by Crippen LogP contribution is 2.45. The topological polar surface area (TPSA) is 9.23 Å². The quantitative estimate of drug-likeness (QED) is 0.664. The third kappa shape index (κ3) is 2.73. The molecule has 1 heterocycles. The van der Waals surface area contributed by atoms with Crippen molar-refractivity contribution in [2.75, 3.05) is 0 Å². The maximum Gasteiger partial charge on any atom is 0.0687 e. The first kappa shape index (κ1) is 12.5. The van der Waals surface area contributed by atoms with E-state index in [4.69, 9.17) is 4.74 Å². The van der Waals surface area contributed by atoms with Gasteiger partial charge < -0.3 is 4.74 Å². The highest BCUT2D eigenvalue weighted by Gasteiger charge is 2.42. The Kier molecular flexibility index (Phi) is 3.82. The average molecular weight is 301 g/mol. The first-order chi connectivity index (χ1) is 8.27. The lowest BCUT2D eigenvalue weighted by Crippen LogP contribution is -2.32. The fraction of sp³-hybridized carbons (Fsp3) is 1.00. The van der Waals surface area contributed by atoms with Gasteiger partial charge >= 0.3 is 0 Å². The van der Waals surface area contributed by atoms with Gasteiger partial charge in [-0.15, -0.1) is 0 Å². The molecule has 1 spiro atoms. The monoisotopic (exact) mass is 300 g/mol. The molecule has 0 N–H and O–H groups in total. The van der Waals surface area contributed by atoms with Gasteiger partial charge in [-0.25, -0.2) is 0 Å². The summed E-state index contributed by atoms with van der Waals surface area (Å²) in [4.78, 5) is 0.772. The molecule has 0 aromatic heterocycles. The van der Waals surface area contributed by atoms with Crippen LogP contribution >= 0.6 is 15.9 Å². The third-order valence-corrected chi connectivity index (χ3v) is 6.44. The van der Waals surface area contributed by atoms with Gasteiger partial charge in [-0.05, 0) is 50.9 Å². The van der Waals surface area contributed by atoms with Crippen LogP contribution in [0, 0.1) is 5.92 Å². The van der Waals surface area contributed by atoms with Crippen molar-refractivity contribution in [1.82, 2.24) is 0 Å². The summed E-state index contributed by atoms with van der Waals surface area (Å²) in [5.41, 5.74) is 0.323. The third-order valence-electron chi connectivity index (χ3n) is 5.24. The van der Waals surface area contributed by atoms with Crippen LogP contribution in [0.25, 0.3) is 0 Å². The Balaban J connectivity index is 1.53. The largest absolute Gasteiger partial charge is 0.372 e. The lowest BCUT2D eigenvalue weighted by molar-refractivity contribution is -0.0693. The first-order valence-electron chi connectivity index (χ1n) is 7.59. The number of alkyl halides is 1. The summed E-state index contributed by atoms with van der Waals surface area (Å²) in [6, 6.07) is 0. The number of halogens is 1. The van der Waals surface area contributed by atoms with E-state index in [1.807, 2.05) is 0 Å². The van der Waals surface area contributed by atoms with E-state index in [9.17, 15) is 0 Å². The van der Waals surface area contributed by atoms with Crippen LogP contribution in [-0.4, -0.2) is 16.5 Å². The molecule has 3 unspecified atom stereocenters. The molecule has 0 aromatic carbocycles. The molecule has 2 aliphatic carbocycles. The van der Waals surface area contributed by atoms with E-state index >= 15 is 0 Å². The van der Waals surface area contributed by atoms with Crippen LogP contribution in [0.1, 0.15) is 70.6 Å². The van der Waals surface area contributed by atoms with Crippen LogP contribution in [-0.2, 0) is 4.74 Å². The van der Waals surface area contributed by atoms with E-state index in [1.54, 1.807) is 0 Å². The molecule has 98 valence electrons. The Morgan fingerprint density at radius 2 is 1.76 bits per heavy atom. The lowest BCUT2D eigenvalue weighted by Gasteiger charge is -2.33. The predicted octanol–water partition coefficient (Wildman–Crippen LogP) is 4.82. The fourth-order valence-electron chi connectivity index (χ4n) is 4.22. The highest BCUT2D eigenvalue weighted by atomic mass is 79.9. The van der Waals surface area contributed by atoms with E-state index in [2.05, 4.69) is 15.9 Å². The number of ether oxygens (including phenoxy) is 1. The standard InChI is InChI=1S/C15H25BrO/c16-14-6-4-5-12(14)11-13-7-10-15(17-13)8-2-1-3-9-15/h12-14H,1-11H2. The summed E-state index contributed by atoms with van der Waals surface area (Å²) in [6.07, 6.45) is 15.7. The zero-order valence-electron chi connectivity index (χ0n) is 10.8. The molecular weight excluding hydrogens is 276 g/mol. The second-order valence-corrected chi connectivity index (χ2v) is 7.64. The molecule has 3 rings (SSSR count). The molecular formula is C15H25BrO. The van der Waals surface area contributed by atoms with Gasteiger partial charge in [0.15, 0.2) is 0 Å². The van der Waals surface area contributed by atoms with Crippen molar-refractivity contribution in [2.24, 2.45) is 5.92 Å². The second-order valence-electron chi connectivity index (χ2n) is 6.46. The molecule has 1 saturated heterocycles. The maximum atomic E-state index is 6.48. The van der Waals surface area contributed by atoms with Crippen molar-refractivity contribution in [1.29, 1.82) is 0 Å². The fourth-order valence-corrected chi connectivity index (χ4v) is 5.02. The highest BCUT2D eigenvalue weighted by molar-refractivity contribution is 9.09. The summed E-state index contributed by atoms with van der Waals surface area (Å²) in [5, 5.41) is 0. The van der Waals surface area contributed by atoms with Crippen LogP contribution in [0.4, 0.5) is 0 Å². The van der Waals surface area contributed by atoms with Crippen LogP contribution in [0.2, 0.25) is 0 Å². The van der Waals surface area contributed by atoms with Crippen LogP contribution < -0.4 is 0 Å². The van der Waals surface area contributed by atoms with Crippen molar-refractivity contribution >= 4 is 15.9 Å². The minimum absolute atomic E-state index is 0.323. The van der Waals surface area contributed by atoms with E-state index in [1.165, 1.54) is 70.6 Å². The minimum Gasteiger partial charge on any atom is -0.372 e. The van der Waals surface area contributed by atoms with E-state index in [0.29, 0.717) is 11.7 Å². The summed E-state index contributed by atoms with van der Waals surface area (Å²) >= 11 is 3.84. The smallest absolute Gasteiger partial charge is 0.0687 e. The lowest BCUT2D eigenvalue weighted by atomic mass is 9.83. The summed E-state index contributed by atoms with van der Waals surface area (Å²) in [6.45, 7) is 0. The van der Waals surface area contributed by atoms with Gasteiger partial charge in [0.25, 0.3) is 0 Å². The molecule has 17 heavy (non-hydrogen) atoms. The van der Waals surface area contributed by atoms with Gasteiger partial charge in [0.1, 0.15) is 0 Å². The zero-order valence-corrected chi connectivity index (χ0v) is 12.4. The van der Waals surface area contributed by atoms with E-state index in [0.717, 1.165) is 10.7 Å². The SMILES string of the molecule is BrC1CCCC1CC1CCC2(CCCCC2)O1. The Morgan fingerprint density at radius 1 is 0.941 bits per heavy atom. The van der Waals surface area contributed by atoms with Gasteiger partial charge in [-0.3, -0.25) is 0 Å². The summed E-state index contributed by atoms with van der Waals surface area (Å²) in [5.74, 6) is 0.888. The van der Waals surface area contributed by atoms with Gasteiger partial charge in [0, 0.05) is 4.83 Å². The van der Waals surface area contributed by atoms with Crippen LogP contribution in [0.15, 0.2) is 0 Å². The molecule has 2 saturated carbocycles. The molecule has 0 aromatic rings. The van der Waals surface area contributed by atoms with Crippen molar-refractivity contribution in [2.45, 2.75) is 87.2 Å². The molecule has 3 fully saturated rings. The number of hydrogen-bond acceptors (Lipinski definition) is 1. The molecule has 3 aliphatic rings. The molecule has 2 heteroatoms. The van der Waals surface area contributed by atoms with Crippen LogP contribution in [0.5, 0.6) is 0 Å². The molecule has 3 atom stereocenters. The van der Waals surface area contributed by atoms with Crippen LogP contribution in [0.3, 0.4) is 0 Å². The van der Waals surface area contributed by atoms with Crippen molar-refractivity contribution in [3.05, 3.63) is 0 Å². The predicted molar refractivity (Wildman–Crippen MR) is 74.6 cm³/mol. The Hall–Kier alpha value is 0.440. The Morgan fingerprint density at radius 3 is 2.47 bits per heavy atom. The average Bonchev–Trinajstić information content (AvgIpc) is 2.90.